The number of halogens is 2. The summed E-state index contributed by atoms with van der Waals surface area (Å²) in [5, 5.41) is 9.37. The lowest BCUT2D eigenvalue weighted by atomic mass is 9.92. The van der Waals surface area contributed by atoms with E-state index in [1.807, 2.05) is 6.07 Å². The van der Waals surface area contributed by atoms with Gasteiger partial charge < -0.3 is 15.2 Å². The van der Waals surface area contributed by atoms with Gasteiger partial charge in [0.2, 0.25) is 5.82 Å². The van der Waals surface area contributed by atoms with E-state index in [0.29, 0.717) is 24.3 Å². The molecule has 0 bridgehead atoms. The van der Waals surface area contributed by atoms with Crippen molar-refractivity contribution in [3.8, 4) is 22.9 Å². The first-order valence-corrected chi connectivity index (χ1v) is 6.89. The lowest BCUT2D eigenvalue weighted by molar-refractivity contribution is 0.109. The van der Waals surface area contributed by atoms with Crippen LogP contribution in [0.15, 0.2) is 12.1 Å². The molecule has 1 aliphatic heterocycles. The summed E-state index contributed by atoms with van der Waals surface area (Å²) in [6.45, 7) is 0.629. The Hall–Kier alpha value is -2.72. The fourth-order valence-corrected chi connectivity index (χ4v) is 2.69. The third kappa shape index (κ3) is 2.37. The zero-order chi connectivity index (χ0) is 16.6. The SMILES string of the molecule is COc1ccc(-c2c(C#N)c(N)nc3c2COCC3)c(F)c1F. The summed E-state index contributed by atoms with van der Waals surface area (Å²) in [6, 6.07) is 4.59. The highest BCUT2D eigenvalue weighted by Gasteiger charge is 2.26. The van der Waals surface area contributed by atoms with Crippen molar-refractivity contribution in [2.75, 3.05) is 19.5 Å². The van der Waals surface area contributed by atoms with Gasteiger partial charge in [0.15, 0.2) is 11.6 Å². The summed E-state index contributed by atoms with van der Waals surface area (Å²) in [5.41, 5.74) is 7.20. The number of nitrogens with zero attached hydrogens (tertiary/aromatic N) is 2. The third-order valence-electron chi connectivity index (χ3n) is 3.79. The van der Waals surface area contributed by atoms with Gasteiger partial charge >= 0.3 is 0 Å². The molecule has 1 aromatic heterocycles. The van der Waals surface area contributed by atoms with Crippen LogP contribution in [0.5, 0.6) is 5.75 Å². The van der Waals surface area contributed by atoms with Crippen LogP contribution >= 0.6 is 0 Å². The number of hydrogen-bond acceptors (Lipinski definition) is 5. The molecule has 0 radical (unpaired) electrons. The molecule has 3 rings (SSSR count). The summed E-state index contributed by atoms with van der Waals surface area (Å²) in [6.07, 6.45) is 0.499. The Balaban J connectivity index is 2.34. The molecule has 0 aliphatic carbocycles. The second-order valence-corrected chi connectivity index (χ2v) is 5.03. The first-order chi connectivity index (χ1) is 11.1. The lowest BCUT2D eigenvalue weighted by Gasteiger charge is -2.21. The highest BCUT2D eigenvalue weighted by atomic mass is 19.2. The summed E-state index contributed by atoms with van der Waals surface area (Å²) in [4.78, 5) is 4.19. The maximum absolute atomic E-state index is 14.5. The third-order valence-corrected chi connectivity index (χ3v) is 3.79. The molecule has 7 heteroatoms. The fraction of sp³-hybridized carbons (Fsp3) is 0.250. The van der Waals surface area contributed by atoms with E-state index in [9.17, 15) is 14.0 Å². The van der Waals surface area contributed by atoms with Crippen molar-refractivity contribution in [3.05, 3.63) is 40.6 Å². The van der Waals surface area contributed by atoms with E-state index < -0.39 is 11.6 Å². The number of pyridine rings is 1. The predicted molar refractivity (Wildman–Crippen MR) is 78.6 cm³/mol. The van der Waals surface area contributed by atoms with Crippen LogP contribution in [-0.2, 0) is 17.8 Å². The standard InChI is InChI=1S/C16H13F2N3O2/c1-22-12-3-2-8(14(17)15(12)18)13-9(6-19)16(20)21-11-4-5-23-7-10(11)13/h2-3H,4-5,7H2,1H3,(H2,20,21). The molecule has 5 nitrogen and oxygen atoms in total. The number of nitriles is 1. The number of fused-ring (bicyclic) bond motifs is 1. The van der Waals surface area contributed by atoms with Crippen molar-refractivity contribution in [2.45, 2.75) is 13.0 Å². The van der Waals surface area contributed by atoms with Crippen LogP contribution < -0.4 is 10.5 Å². The van der Waals surface area contributed by atoms with Gasteiger partial charge in [0.25, 0.3) is 0 Å². The van der Waals surface area contributed by atoms with Gasteiger partial charge in [-0.3, -0.25) is 0 Å². The van der Waals surface area contributed by atoms with Gasteiger partial charge in [-0.2, -0.15) is 9.65 Å². The van der Waals surface area contributed by atoms with Crippen molar-refractivity contribution >= 4 is 5.82 Å². The minimum absolute atomic E-state index is 0.00113. The lowest BCUT2D eigenvalue weighted by Crippen LogP contribution is -2.16. The molecule has 2 N–H and O–H groups in total. The Morgan fingerprint density at radius 1 is 1.35 bits per heavy atom. The maximum Gasteiger partial charge on any atom is 0.201 e. The molecule has 2 heterocycles. The average molecular weight is 317 g/mol. The number of anilines is 1. The molecule has 0 atom stereocenters. The predicted octanol–water partition coefficient (Wildman–Crippen LogP) is 2.56. The minimum Gasteiger partial charge on any atom is -0.494 e. The Morgan fingerprint density at radius 2 is 2.13 bits per heavy atom. The molecular formula is C16H13F2N3O2. The second-order valence-electron chi connectivity index (χ2n) is 5.03. The van der Waals surface area contributed by atoms with Gasteiger partial charge in [0.1, 0.15) is 17.5 Å². The summed E-state index contributed by atoms with van der Waals surface area (Å²) >= 11 is 0. The molecule has 118 valence electrons. The molecule has 0 spiro atoms. The molecule has 23 heavy (non-hydrogen) atoms. The zero-order valence-electron chi connectivity index (χ0n) is 12.3. The van der Waals surface area contributed by atoms with Gasteiger partial charge in [0, 0.05) is 23.1 Å². The zero-order valence-corrected chi connectivity index (χ0v) is 12.3. The van der Waals surface area contributed by atoms with E-state index in [-0.39, 0.29) is 34.9 Å². The van der Waals surface area contributed by atoms with E-state index >= 15 is 0 Å². The van der Waals surface area contributed by atoms with E-state index in [1.165, 1.54) is 19.2 Å². The molecular weight excluding hydrogens is 304 g/mol. The number of hydrogen-bond donors (Lipinski definition) is 1. The van der Waals surface area contributed by atoms with E-state index in [4.69, 9.17) is 15.2 Å². The van der Waals surface area contributed by atoms with Crippen LogP contribution in [0.4, 0.5) is 14.6 Å². The second kappa shape index (κ2) is 5.82. The highest BCUT2D eigenvalue weighted by Crippen LogP contribution is 2.37. The number of aromatic nitrogens is 1. The average Bonchev–Trinajstić information content (AvgIpc) is 2.56. The van der Waals surface area contributed by atoms with Crippen LogP contribution in [-0.4, -0.2) is 18.7 Å². The van der Waals surface area contributed by atoms with E-state index in [1.54, 1.807) is 0 Å². The molecule has 0 amide bonds. The van der Waals surface area contributed by atoms with Crippen molar-refractivity contribution in [1.82, 2.24) is 4.98 Å². The molecule has 1 aliphatic rings. The van der Waals surface area contributed by atoms with Crippen molar-refractivity contribution < 1.29 is 18.3 Å². The monoisotopic (exact) mass is 317 g/mol. The fourth-order valence-electron chi connectivity index (χ4n) is 2.69. The van der Waals surface area contributed by atoms with Crippen LogP contribution in [0.2, 0.25) is 0 Å². The van der Waals surface area contributed by atoms with Gasteiger partial charge in [-0.05, 0) is 12.1 Å². The normalized spacial score (nSPS) is 13.3. The first kappa shape index (κ1) is 15.2. The van der Waals surface area contributed by atoms with Crippen molar-refractivity contribution in [1.29, 1.82) is 5.26 Å². The molecule has 0 fully saturated rings. The number of nitrogens with two attached hydrogens (primary N) is 1. The number of rotatable bonds is 2. The van der Waals surface area contributed by atoms with Crippen molar-refractivity contribution in [2.24, 2.45) is 0 Å². The van der Waals surface area contributed by atoms with Gasteiger partial charge in [0.05, 0.1) is 26.0 Å². The van der Waals surface area contributed by atoms with Crippen LogP contribution in [0, 0.1) is 23.0 Å². The van der Waals surface area contributed by atoms with Crippen LogP contribution in [0.3, 0.4) is 0 Å². The Kier molecular flexibility index (Phi) is 3.84. The quantitative estimate of drug-likeness (QED) is 0.920. The number of ether oxygens (including phenoxy) is 2. The molecule has 0 saturated heterocycles. The highest BCUT2D eigenvalue weighted by molar-refractivity contribution is 5.80. The molecule has 0 unspecified atom stereocenters. The van der Waals surface area contributed by atoms with Crippen molar-refractivity contribution in [3.63, 3.8) is 0 Å². The number of nitrogen functional groups attached to an aromatic ring is 1. The Morgan fingerprint density at radius 3 is 2.83 bits per heavy atom. The Bertz CT molecular complexity index is 831. The number of benzene rings is 1. The van der Waals surface area contributed by atoms with Gasteiger partial charge in [-0.1, -0.05) is 0 Å². The van der Waals surface area contributed by atoms with E-state index in [0.717, 1.165) is 0 Å². The summed E-state index contributed by atoms with van der Waals surface area (Å²) in [5.74, 6) is -2.43. The van der Waals surface area contributed by atoms with Crippen LogP contribution in [0.1, 0.15) is 16.8 Å². The molecule has 1 aromatic carbocycles. The number of methoxy groups -OCH3 is 1. The van der Waals surface area contributed by atoms with Gasteiger partial charge in [-0.15, -0.1) is 0 Å². The van der Waals surface area contributed by atoms with Gasteiger partial charge in [-0.25, -0.2) is 9.37 Å². The summed E-state index contributed by atoms with van der Waals surface area (Å²) < 4.78 is 38.7. The van der Waals surface area contributed by atoms with E-state index in [2.05, 4.69) is 4.98 Å². The maximum atomic E-state index is 14.5. The largest absolute Gasteiger partial charge is 0.494 e. The summed E-state index contributed by atoms with van der Waals surface area (Å²) in [7, 11) is 1.25. The minimum atomic E-state index is -1.12. The van der Waals surface area contributed by atoms with Crippen LogP contribution in [0.25, 0.3) is 11.1 Å². The Labute approximate surface area is 131 Å². The first-order valence-electron chi connectivity index (χ1n) is 6.89. The molecule has 2 aromatic rings. The smallest absolute Gasteiger partial charge is 0.201 e. The molecule has 0 saturated carbocycles. The topological polar surface area (TPSA) is 81.2 Å².